The minimum absolute atomic E-state index is 0.0557. The highest BCUT2D eigenvalue weighted by Gasteiger charge is 2.58. The molecule has 0 spiro atoms. The third-order valence-corrected chi connectivity index (χ3v) is 10.8. The van der Waals surface area contributed by atoms with Crippen molar-refractivity contribution in [2.75, 3.05) is 25.2 Å². The largest absolute Gasteiger partial charge is 0.519 e. The van der Waals surface area contributed by atoms with E-state index in [1.54, 1.807) is 31.4 Å². The summed E-state index contributed by atoms with van der Waals surface area (Å²) in [5.74, 6) is -12.5. The maximum Gasteiger partial charge on any atom is 0.519 e. The van der Waals surface area contributed by atoms with E-state index in [0.717, 1.165) is 93.8 Å². The monoisotopic (exact) mass is 967 g/mol. The van der Waals surface area contributed by atoms with Crippen molar-refractivity contribution >= 4 is 52.8 Å². The molecule has 0 amide bonds. The van der Waals surface area contributed by atoms with Crippen LogP contribution in [-0.2, 0) is 14.3 Å². The van der Waals surface area contributed by atoms with Crippen molar-refractivity contribution in [2.45, 2.75) is 32.6 Å². The molecule has 0 aromatic heterocycles. The number of ether oxygens (including phenoxy) is 6. The Bertz CT molecular complexity index is 2950. The number of nitrogens with zero attached hydrogens (tertiary/aromatic N) is 1. The molecule has 15 heteroatoms. The van der Waals surface area contributed by atoms with Gasteiger partial charge in [-0.25, -0.2) is 14.4 Å². The molecule has 0 bridgehead atoms. The molecule has 0 atom stereocenters. The van der Waals surface area contributed by atoms with Gasteiger partial charge in [0, 0.05) is 24.0 Å². The number of anilines is 3. The number of rotatable bonds is 17. The number of aryl methyl sites for hydroxylation is 2. The molecule has 0 aliphatic carbocycles. The molecular weight excluding hydrogens is 923 g/mol. The second-order valence-corrected chi connectivity index (χ2v) is 16.1. The molecule has 7 aromatic rings. The number of methoxy groups -OCH3 is 1. The first-order valence-corrected chi connectivity index (χ1v) is 21.8. The molecule has 0 saturated heterocycles. The number of esters is 3. The van der Waals surface area contributed by atoms with Crippen molar-refractivity contribution in [1.29, 1.82) is 0 Å². The summed E-state index contributed by atoms with van der Waals surface area (Å²) in [6, 6.07) is 48.2. The molecule has 0 N–H and O–H groups in total. The van der Waals surface area contributed by atoms with Crippen LogP contribution < -0.4 is 23.8 Å². The number of benzene rings is 7. The minimum Gasteiger partial charge on any atom is -0.497 e. The Kier molecular flexibility index (Phi) is 15.6. The van der Waals surface area contributed by atoms with E-state index < -0.39 is 49.1 Å². The summed E-state index contributed by atoms with van der Waals surface area (Å²) in [4.78, 5) is 50.8. The lowest BCUT2D eigenvalue weighted by molar-refractivity contribution is -0.239. The highest BCUT2D eigenvalue weighted by molar-refractivity contribution is 5.93. The van der Waals surface area contributed by atoms with Gasteiger partial charge in [-0.2, -0.15) is 17.6 Å². The summed E-state index contributed by atoms with van der Waals surface area (Å²) in [7, 11) is 1.59. The Morgan fingerprint density at radius 1 is 0.465 bits per heavy atom. The number of hydrogen-bond acceptors (Lipinski definition) is 11. The number of halogens is 4. The third-order valence-electron chi connectivity index (χ3n) is 10.8. The fraction of sp³-hybridized carbons (Fsp3) is 0.143. The van der Waals surface area contributed by atoms with Crippen LogP contribution in [0.2, 0.25) is 0 Å². The van der Waals surface area contributed by atoms with Crippen LogP contribution in [0.4, 0.5) is 39.4 Å². The summed E-state index contributed by atoms with van der Waals surface area (Å²) in [5, 5.41) is 0. The molecule has 7 rings (SSSR count). The number of carbonyl (C=O) groups excluding carboxylic acids is 4. The topological polar surface area (TPSA) is 127 Å². The van der Waals surface area contributed by atoms with Gasteiger partial charge in [-0.1, -0.05) is 71.8 Å². The average Bonchev–Trinajstić information content (AvgIpc) is 3.36. The van der Waals surface area contributed by atoms with Gasteiger partial charge in [-0.15, -0.1) is 0 Å². The molecule has 0 aliphatic heterocycles. The first-order chi connectivity index (χ1) is 34.0. The molecule has 0 heterocycles. The zero-order valence-electron chi connectivity index (χ0n) is 38.7. The second kappa shape index (κ2) is 22.1. The quantitative estimate of drug-likeness (QED) is 0.0284. The standard InChI is InChI=1S/C56H45F4NO10/c1-36-5-19-44(20-6-36)61(45-21-7-37(2)8-22-45)46-23-9-39(10-24-46)33-51(40-11-25-47(66-4)26-12-40)41-13-27-49(28-14-41)70-54(65)71-50-31-17-43(18-32-50)53(64)68-35-56(59,60)55(57,58)34-67-52(63)42-15-29-48(30-16-42)69-38(3)62/h5-33H,34-35H2,1-4H3. The van der Waals surface area contributed by atoms with Gasteiger partial charge in [-0.05, 0) is 151 Å². The molecule has 362 valence electrons. The van der Waals surface area contributed by atoms with Crippen molar-refractivity contribution in [1.82, 2.24) is 0 Å². The Morgan fingerprint density at radius 3 is 1.17 bits per heavy atom. The van der Waals surface area contributed by atoms with Gasteiger partial charge in [0.1, 0.15) is 23.0 Å². The molecule has 0 fully saturated rings. The summed E-state index contributed by atoms with van der Waals surface area (Å²) in [5.41, 5.74) is 8.22. The number of alkyl halides is 4. The molecular formula is C56H45F4NO10. The lowest BCUT2D eigenvalue weighted by Crippen LogP contribution is -2.48. The van der Waals surface area contributed by atoms with Crippen LogP contribution in [0.25, 0.3) is 11.6 Å². The van der Waals surface area contributed by atoms with Crippen molar-refractivity contribution in [2.24, 2.45) is 0 Å². The number of carbonyl (C=O) groups is 4. The number of hydrogen-bond donors (Lipinski definition) is 0. The summed E-state index contributed by atoms with van der Waals surface area (Å²) < 4.78 is 87.7. The van der Waals surface area contributed by atoms with E-state index in [9.17, 15) is 36.7 Å². The zero-order valence-corrected chi connectivity index (χ0v) is 38.7. The van der Waals surface area contributed by atoms with E-state index >= 15 is 0 Å². The van der Waals surface area contributed by atoms with Crippen molar-refractivity contribution in [3.63, 3.8) is 0 Å². The first-order valence-electron chi connectivity index (χ1n) is 21.8. The molecule has 7 aromatic carbocycles. The normalized spacial score (nSPS) is 11.5. The predicted octanol–water partition coefficient (Wildman–Crippen LogP) is 13.2. The molecule has 71 heavy (non-hydrogen) atoms. The Labute approximate surface area is 406 Å². The molecule has 0 saturated carbocycles. The second-order valence-electron chi connectivity index (χ2n) is 16.1. The summed E-state index contributed by atoms with van der Waals surface area (Å²) >= 11 is 0. The van der Waals surface area contributed by atoms with Gasteiger partial charge in [0.25, 0.3) is 0 Å². The molecule has 0 aliphatic rings. The van der Waals surface area contributed by atoms with Crippen LogP contribution in [0.5, 0.6) is 23.0 Å². The third kappa shape index (κ3) is 13.1. The summed E-state index contributed by atoms with van der Waals surface area (Å²) in [6.45, 7) is 1.17. The van der Waals surface area contributed by atoms with Gasteiger partial charge in [0.05, 0.1) is 18.2 Å². The predicted molar refractivity (Wildman–Crippen MR) is 258 cm³/mol. The van der Waals surface area contributed by atoms with Gasteiger partial charge in [-0.3, -0.25) is 4.79 Å². The lowest BCUT2D eigenvalue weighted by Gasteiger charge is -2.26. The van der Waals surface area contributed by atoms with Crippen LogP contribution >= 0.6 is 0 Å². The van der Waals surface area contributed by atoms with Crippen LogP contribution in [0.3, 0.4) is 0 Å². The highest BCUT2D eigenvalue weighted by Crippen LogP contribution is 2.37. The Hall–Kier alpha value is -8.72. The van der Waals surface area contributed by atoms with E-state index in [4.69, 9.17) is 18.9 Å². The van der Waals surface area contributed by atoms with Crippen LogP contribution in [0.1, 0.15) is 55.5 Å². The SMILES string of the molecule is COc1ccc(C(=Cc2ccc(N(c3ccc(C)cc3)c3ccc(C)cc3)cc2)c2ccc(OC(=O)Oc3ccc(C(=O)OCC(F)(F)C(F)(F)COC(=O)c4ccc(OC(C)=O)cc4)cc3)cc2)cc1. The van der Waals surface area contributed by atoms with Crippen molar-refractivity contribution in [3.8, 4) is 23.0 Å². The Morgan fingerprint density at radius 2 is 0.803 bits per heavy atom. The van der Waals surface area contributed by atoms with Crippen LogP contribution in [0, 0.1) is 13.8 Å². The minimum atomic E-state index is -4.94. The van der Waals surface area contributed by atoms with Gasteiger partial charge >= 0.3 is 35.9 Å². The fourth-order valence-electron chi connectivity index (χ4n) is 6.92. The highest BCUT2D eigenvalue weighted by atomic mass is 19.3. The zero-order chi connectivity index (χ0) is 50.7. The maximum absolute atomic E-state index is 14.5. The fourth-order valence-corrected chi connectivity index (χ4v) is 6.92. The molecule has 0 unspecified atom stereocenters. The van der Waals surface area contributed by atoms with Gasteiger partial charge in [0.2, 0.25) is 0 Å². The van der Waals surface area contributed by atoms with Crippen LogP contribution in [-0.4, -0.2) is 56.2 Å². The van der Waals surface area contributed by atoms with Crippen molar-refractivity contribution < 1.29 is 65.2 Å². The van der Waals surface area contributed by atoms with E-state index in [1.165, 1.54) is 12.1 Å². The van der Waals surface area contributed by atoms with Crippen LogP contribution in [0.15, 0.2) is 170 Å². The lowest BCUT2D eigenvalue weighted by atomic mass is 9.95. The average molecular weight is 968 g/mol. The first kappa shape index (κ1) is 50.2. The van der Waals surface area contributed by atoms with E-state index in [0.29, 0.717) is 5.75 Å². The van der Waals surface area contributed by atoms with Gasteiger partial charge in [0.15, 0.2) is 13.2 Å². The smallest absolute Gasteiger partial charge is 0.497 e. The summed E-state index contributed by atoms with van der Waals surface area (Å²) in [6.07, 6.45) is 0.919. The van der Waals surface area contributed by atoms with Gasteiger partial charge < -0.3 is 33.3 Å². The molecule has 0 radical (unpaired) electrons. The van der Waals surface area contributed by atoms with E-state index in [-0.39, 0.29) is 28.4 Å². The van der Waals surface area contributed by atoms with E-state index in [1.807, 2.05) is 36.4 Å². The molecule has 11 nitrogen and oxygen atoms in total. The Balaban J connectivity index is 0.966. The van der Waals surface area contributed by atoms with Crippen molar-refractivity contribution in [3.05, 3.63) is 209 Å². The maximum atomic E-state index is 14.5. The van der Waals surface area contributed by atoms with E-state index in [2.05, 4.69) is 95.0 Å².